The number of amidine groups is 1. The normalized spacial score (nSPS) is 25.4. The fraction of sp³-hybridized carbons (Fsp3) is 0.750. The minimum Gasteiger partial charge on any atom is -1.00 e. The van der Waals surface area contributed by atoms with Gasteiger partial charge in [0.05, 0.1) is 5.92 Å². The van der Waals surface area contributed by atoms with Gasteiger partial charge < -0.3 is 27.5 Å². The Kier molecular flexibility index (Phi) is 6.19. The summed E-state index contributed by atoms with van der Waals surface area (Å²) < 4.78 is 5.10. The van der Waals surface area contributed by atoms with Crippen LogP contribution in [0.2, 0.25) is 0 Å². The number of rotatable bonds is 3. The fourth-order valence-corrected chi connectivity index (χ4v) is 1.91. The van der Waals surface area contributed by atoms with Crippen LogP contribution < -0.4 is 22.7 Å². The second-order valence-electron chi connectivity index (χ2n) is 3.08. The summed E-state index contributed by atoms with van der Waals surface area (Å²) in [4.78, 5) is 11.1. The highest BCUT2D eigenvalue weighted by molar-refractivity contribution is 8.13. The number of hydrogen-bond acceptors (Lipinski definition) is 4. The Labute approximate surface area is 98.2 Å². The maximum atomic E-state index is 11.1. The maximum Gasteiger partial charge on any atom is 0.309 e. The van der Waals surface area contributed by atoms with E-state index in [1.807, 2.05) is 6.92 Å². The summed E-state index contributed by atoms with van der Waals surface area (Å²) in [7, 11) is 0. The number of hydrogen-bond donors (Lipinski definition) is 2. The van der Waals surface area contributed by atoms with Crippen molar-refractivity contribution in [1.82, 2.24) is 0 Å². The Hall–Kier alpha value is -0.230. The molecule has 1 rings (SSSR count). The molecule has 14 heavy (non-hydrogen) atoms. The molecule has 3 N–H and O–H groups in total. The molecule has 0 radical (unpaired) electrons. The van der Waals surface area contributed by atoms with E-state index in [0.717, 1.165) is 12.8 Å². The molecule has 0 bridgehead atoms. The molecule has 1 heterocycles. The van der Waals surface area contributed by atoms with Crippen LogP contribution in [0, 0.1) is 11.3 Å². The van der Waals surface area contributed by atoms with Crippen LogP contribution in [-0.2, 0) is 9.53 Å². The Morgan fingerprint density at radius 1 is 1.79 bits per heavy atom. The minimum atomic E-state index is -0.100. The molecule has 4 nitrogen and oxygen atoms in total. The van der Waals surface area contributed by atoms with Crippen LogP contribution in [0.4, 0.5) is 0 Å². The Morgan fingerprint density at radius 2 is 2.43 bits per heavy atom. The monoisotopic (exact) mass is 281 g/mol. The van der Waals surface area contributed by atoms with Gasteiger partial charge in [0.2, 0.25) is 0 Å². The molecule has 0 aliphatic carbocycles. The smallest absolute Gasteiger partial charge is 0.309 e. The van der Waals surface area contributed by atoms with Gasteiger partial charge in [0, 0.05) is 5.75 Å². The zero-order valence-corrected chi connectivity index (χ0v) is 10.4. The quantitative estimate of drug-likeness (QED) is 0.355. The summed E-state index contributed by atoms with van der Waals surface area (Å²) >= 11 is 1.23. The molecule has 0 saturated carbocycles. The van der Waals surface area contributed by atoms with Crippen molar-refractivity contribution in [1.29, 1.82) is 5.41 Å². The molecule has 0 aromatic rings. The number of esters is 1. The van der Waals surface area contributed by atoms with Crippen molar-refractivity contribution in [2.45, 2.75) is 25.9 Å². The van der Waals surface area contributed by atoms with Gasteiger partial charge in [-0.1, -0.05) is 18.7 Å². The average molecular weight is 282 g/mol. The topological polar surface area (TPSA) is 76.2 Å². The molecule has 1 aliphatic rings. The first-order valence-electron chi connectivity index (χ1n) is 4.30. The van der Waals surface area contributed by atoms with E-state index in [0.29, 0.717) is 5.75 Å². The van der Waals surface area contributed by atoms with E-state index >= 15 is 0 Å². The zero-order chi connectivity index (χ0) is 9.84. The van der Waals surface area contributed by atoms with E-state index in [1.54, 1.807) is 0 Å². The van der Waals surface area contributed by atoms with Crippen LogP contribution in [0.15, 0.2) is 0 Å². The van der Waals surface area contributed by atoms with Gasteiger partial charge in [-0.05, 0) is 12.8 Å². The number of thioether (sulfide) groups is 1. The van der Waals surface area contributed by atoms with Gasteiger partial charge in [-0.25, -0.2) is 0 Å². The molecule has 0 aromatic heterocycles. The summed E-state index contributed by atoms with van der Waals surface area (Å²) in [6, 6.07) is 0. The molecule has 1 aliphatic heterocycles. The van der Waals surface area contributed by atoms with Gasteiger partial charge in [-0.15, -0.1) is 0 Å². The largest absolute Gasteiger partial charge is 1.00 e. The standard InChI is InChI=1S/C8H14N2O2S.BrH/c1-2-5-3-6(12-7(5)11)4-13-8(9)10;/h5-6H,2-4H2,1H3,(H3,9,10);1H/p-1. The molecule has 0 amide bonds. The number of ether oxygens (including phenoxy) is 1. The average Bonchev–Trinajstić information content (AvgIpc) is 2.43. The van der Waals surface area contributed by atoms with Crippen molar-refractivity contribution >= 4 is 22.9 Å². The molecule has 0 aromatic carbocycles. The number of nitrogens with two attached hydrogens (primary N) is 1. The second-order valence-corrected chi connectivity index (χ2v) is 4.14. The predicted octanol–water partition coefficient (Wildman–Crippen LogP) is -2.04. The predicted molar refractivity (Wildman–Crippen MR) is 52.7 cm³/mol. The third-order valence-electron chi connectivity index (χ3n) is 2.08. The molecule has 82 valence electrons. The van der Waals surface area contributed by atoms with Crippen LogP contribution >= 0.6 is 11.8 Å². The van der Waals surface area contributed by atoms with E-state index in [9.17, 15) is 4.79 Å². The minimum absolute atomic E-state index is 0. The van der Waals surface area contributed by atoms with Crippen LogP contribution in [0.1, 0.15) is 19.8 Å². The van der Waals surface area contributed by atoms with Crippen molar-refractivity contribution in [3.63, 3.8) is 0 Å². The highest BCUT2D eigenvalue weighted by Crippen LogP contribution is 2.25. The molecular weight excluding hydrogens is 268 g/mol. The molecule has 1 fully saturated rings. The van der Waals surface area contributed by atoms with Crippen LogP contribution in [-0.4, -0.2) is 23.0 Å². The van der Waals surface area contributed by atoms with Crippen LogP contribution in [0.3, 0.4) is 0 Å². The van der Waals surface area contributed by atoms with Crippen molar-refractivity contribution in [2.24, 2.45) is 11.7 Å². The van der Waals surface area contributed by atoms with Crippen molar-refractivity contribution < 1.29 is 26.5 Å². The van der Waals surface area contributed by atoms with E-state index in [4.69, 9.17) is 15.9 Å². The van der Waals surface area contributed by atoms with Crippen LogP contribution in [0.25, 0.3) is 0 Å². The Bertz CT molecular complexity index is 225. The Balaban J connectivity index is 0.00000169. The van der Waals surface area contributed by atoms with E-state index in [-0.39, 0.29) is 40.1 Å². The van der Waals surface area contributed by atoms with Gasteiger partial charge in [0.15, 0.2) is 5.17 Å². The summed E-state index contributed by atoms with van der Waals surface area (Å²) in [6.45, 7) is 1.98. The fourth-order valence-electron chi connectivity index (χ4n) is 1.34. The van der Waals surface area contributed by atoms with Gasteiger partial charge in [0.1, 0.15) is 6.10 Å². The lowest BCUT2D eigenvalue weighted by Gasteiger charge is -2.06. The van der Waals surface area contributed by atoms with E-state index in [2.05, 4.69) is 0 Å². The number of nitrogens with one attached hydrogen (secondary N) is 1. The van der Waals surface area contributed by atoms with Crippen molar-refractivity contribution in [3.8, 4) is 0 Å². The first-order chi connectivity index (χ1) is 6.13. The third kappa shape index (κ3) is 3.88. The van der Waals surface area contributed by atoms with Crippen molar-refractivity contribution in [3.05, 3.63) is 0 Å². The van der Waals surface area contributed by atoms with Gasteiger partial charge in [-0.3, -0.25) is 10.2 Å². The second kappa shape index (κ2) is 6.29. The number of halogens is 1. The highest BCUT2D eigenvalue weighted by atomic mass is 79.9. The summed E-state index contributed by atoms with van der Waals surface area (Å²) in [5.74, 6) is 0.562. The highest BCUT2D eigenvalue weighted by Gasteiger charge is 2.32. The van der Waals surface area contributed by atoms with E-state index < -0.39 is 0 Å². The van der Waals surface area contributed by atoms with Gasteiger partial charge in [-0.2, -0.15) is 0 Å². The van der Waals surface area contributed by atoms with E-state index in [1.165, 1.54) is 11.8 Å². The summed E-state index contributed by atoms with van der Waals surface area (Å²) in [5.41, 5.74) is 5.18. The lowest BCUT2D eigenvalue weighted by molar-refractivity contribution is -0.143. The van der Waals surface area contributed by atoms with Gasteiger partial charge in [0.25, 0.3) is 0 Å². The lowest BCUT2D eigenvalue weighted by Crippen LogP contribution is -3.00. The van der Waals surface area contributed by atoms with Gasteiger partial charge >= 0.3 is 5.97 Å². The number of carbonyl (C=O) groups excluding carboxylic acids is 1. The molecule has 0 spiro atoms. The first-order valence-corrected chi connectivity index (χ1v) is 5.29. The molecule has 6 heteroatoms. The first kappa shape index (κ1) is 13.8. The molecule has 2 unspecified atom stereocenters. The SMILES string of the molecule is CCC1CC(CSC(=N)N)OC1=O.[Br-]. The third-order valence-corrected chi connectivity index (χ3v) is 2.93. The van der Waals surface area contributed by atoms with Crippen LogP contribution in [0.5, 0.6) is 0 Å². The molecule has 1 saturated heterocycles. The summed E-state index contributed by atoms with van der Waals surface area (Å²) in [5, 5.41) is 7.08. The molecule has 2 atom stereocenters. The zero-order valence-electron chi connectivity index (χ0n) is 7.96. The maximum absolute atomic E-state index is 11.1. The number of carbonyl (C=O) groups is 1. The van der Waals surface area contributed by atoms with Crippen molar-refractivity contribution in [2.75, 3.05) is 5.75 Å². The Morgan fingerprint density at radius 3 is 2.86 bits per heavy atom. The number of cyclic esters (lactones) is 1. The molecular formula is C8H14BrN2O2S-. The summed E-state index contributed by atoms with van der Waals surface area (Å²) in [6.07, 6.45) is 1.56. The lowest BCUT2D eigenvalue weighted by atomic mass is 10.0.